The highest BCUT2D eigenvalue weighted by molar-refractivity contribution is 9.10. The normalized spacial score (nSPS) is 15.8. The minimum Gasteiger partial charge on any atom is -0.456 e. The molecule has 1 fully saturated rings. The topological polar surface area (TPSA) is 55.8 Å². The molecule has 7 heteroatoms. The minimum atomic E-state index is -0.869. The Kier molecular flexibility index (Phi) is 8.99. The van der Waals surface area contributed by atoms with Crippen LogP contribution < -0.4 is 4.74 Å². The predicted octanol–water partition coefficient (Wildman–Crippen LogP) is 6.70. The number of hydrogen-bond donors (Lipinski definition) is 0. The van der Waals surface area contributed by atoms with E-state index in [1.165, 1.54) is 5.56 Å². The lowest BCUT2D eigenvalue weighted by atomic mass is 9.90. The van der Waals surface area contributed by atoms with Crippen molar-refractivity contribution >= 4 is 32.8 Å². The van der Waals surface area contributed by atoms with Crippen molar-refractivity contribution in [3.8, 4) is 11.5 Å². The van der Waals surface area contributed by atoms with Crippen LogP contribution in [0.1, 0.15) is 51.2 Å². The zero-order chi connectivity index (χ0) is 24.0. The molecule has 2 aromatic carbocycles. The van der Waals surface area contributed by atoms with E-state index in [2.05, 4.69) is 28.1 Å². The van der Waals surface area contributed by atoms with Crippen LogP contribution >= 0.6 is 15.9 Å². The van der Waals surface area contributed by atoms with E-state index in [4.69, 9.17) is 9.47 Å². The number of hydrogen-bond acceptors (Lipinski definition) is 4. The number of halogens is 1. The number of amides is 1. The van der Waals surface area contributed by atoms with E-state index >= 15 is 0 Å². The van der Waals surface area contributed by atoms with Gasteiger partial charge >= 0.3 is 6.09 Å². The van der Waals surface area contributed by atoms with Crippen molar-refractivity contribution in [3.63, 3.8) is 0 Å². The zero-order valence-electron chi connectivity index (χ0n) is 19.9. The summed E-state index contributed by atoms with van der Waals surface area (Å²) in [5, 5.41) is 0. The first-order valence-corrected chi connectivity index (χ1v) is 13.9. The number of benzene rings is 2. The van der Waals surface area contributed by atoms with E-state index < -0.39 is 16.4 Å². The van der Waals surface area contributed by atoms with Crippen LogP contribution in [-0.2, 0) is 27.7 Å². The summed E-state index contributed by atoms with van der Waals surface area (Å²) in [4.78, 5) is 14.1. The van der Waals surface area contributed by atoms with E-state index in [0.717, 1.165) is 60.3 Å². The SMILES string of the molecule is CS(=O)Cc1ccc(Oc2ccc(CCC3CCN(C(=O)OC(C)(C)C)CC3)cc2)c(Br)c1. The van der Waals surface area contributed by atoms with Crippen molar-refractivity contribution in [1.29, 1.82) is 0 Å². The number of likely N-dealkylation sites (tertiary alicyclic amines) is 1. The fourth-order valence-electron chi connectivity index (χ4n) is 3.90. The second-order valence-corrected chi connectivity index (χ2v) is 12.0. The van der Waals surface area contributed by atoms with Crippen LogP contribution in [0.25, 0.3) is 0 Å². The first kappa shape index (κ1) is 25.8. The summed E-state index contributed by atoms with van der Waals surface area (Å²) in [7, 11) is -0.869. The maximum atomic E-state index is 12.2. The molecule has 0 radical (unpaired) electrons. The maximum absolute atomic E-state index is 12.2. The van der Waals surface area contributed by atoms with Crippen molar-refractivity contribution in [3.05, 3.63) is 58.1 Å². The lowest BCUT2D eigenvalue weighted by Crippen LogP contribution is -2.41. The summed E-state index contributed by atoms with van der Waals surface area (Å²) in [5.74, 6) is 2.70. The molecule has 0 aromatic heterocycles. The molecule has 2 aromatic rings. The highest BCUT2D eigenvalue weighted by Gasteiger charge is 2.26. The fraction of sp³-hybridized carbons (Fsp3) is 0.500. The number of nitrogens with zero attached hydrogens (tertiary/aromatic N) is 1. The molecular formula is C26H34BrNO4S. The van der Waals surface area contributed by atoms with Crippen LogP contribution in [0.5, 0.6) is 11.5 Å². The highest BCUT2D eigenvalue weighted by Crippen LogP contribution is 2.31. The van der Waals surface area contributed by atoms with Gasteiger partial charge in [0, 0.05) is 35.9 Å². The fourth-order valence-corrected chi connectivity index (χ4v) is 5.06. The molecular weight excluding hydrogens is 502 g/mol. The predicted molar refractivity (Wildman–Crippen MR) is 137 cm³/mol. The molecule has 0 bridgehead atoms. The quantitative estimate of drug-likeness (QED) is 0.395. The second kappa shape index (κ2) is 11.5. The third-order valence-electron chi connectivity index (χ3n) is 5.62. The summed E-state index contributed by atoms with van der Waals surface area (Å²) in [6, 6.07) is 14.1. The Morgan fingerprint density at radius 2 is 1.73 bits per heavy atom. The number of aryl methyl sites for hydroxylation is 1. The third-order valence-corrected chi connectivity index (χ3v) is 6.98. The molecule has 180 valence electrons. The number of carbonyl (C=O) groups excluding carboxylic acids is 1. The van der Waals surface area contributed by atoms with Gasteiger partial charge in [0.1, 0.15) is 17.1 Å². The molecule has 1 heterocycles. The molecule has 33 heavy (non-hydrogen) atoms. The Morgan fingerprint density at radius 1 is 1.09 bits per heavy atom. The summed E-state index contributed by atoms with van der Waals surface area (Å²) in [5.41, 5.74) is 1.86. The molecule has 5 nitrogen and oxygen atoms in total. The van der Waals surface area contributed by atoms with E-state index in [1.54, 1.807) is 6.26 Å². The Hall–Kier alpha value is -1.86. The Morgan fingerprint density at radius 3 is 2.30 bits per heavy atom. The molecule has 0 saturated carbocycles. The highest BCUT2D eigenvalue weighted by atomic mass is 79.9. The minimum absolute atomic E-state index is 0.196. The van der Waals surface area contributed by atoms with Crippen LogP contribution in [0.4, 0.5) is 4.79 Å². The van der Waals surface area contributed by atoms with Crippen molar-refractivity contribution in [2.75, 3.05) is 19.3 Å². The average molecular weight is 537 g/mol. The van der Waals surface area contributed by atoms with Gasteiger partial charge in [-0.3, -0.25) is 4.21 Å². The van der Waals surface area contributed by atoms with Gasteiger partial charge in [-0.2, -0.15) is 0 Å². The van der Waals surface area contributed by atoms with Crippen LogP contribution in [0.3, 0.4) is 0 Å². The Labute approximate surface area is 208 Å². The molecule has 1 atom stereocenters. The summed E-state index contributed by atoms with van der Waals surface area (Å²) < 4.78 is 23.8. The molecule has 1 aliphatic heterocycles. The number of rotatable bonds is 7. The van der Waals surface area contributed by atoms with Crippen molar-refractivity contribution in [2.45, 2.75) is 57.8 Å². The van der Waals surface area contributed by atoms with Gasteiger partial charge in [-0.1, -0.05) is 18.2 Å². The average Bonchev–Trinajstić information content (AvgIpc) is 2.74. The second-order valence-electron chi connectivity index (χ2n) is 9.68. The van der Waals surface area contributed by atoms with Gasteiger partial charge < -0.3 is 14.4 Å². The van der Waals surface area contributed by atoms with Crippen LogP contribution in [0, 0.1) is 5.92 Å². The molecule has 0 spiro atoms. The number of ether oxygens (including phenoxy) is 2. The lowest BCUT2D eigenvalue weighted by Gasteiger charge is -2.33. The Balaban J connectivity index is 1.45. The third kappa shape index (κ3) is 8.45. The largest absolute Gasteiger partial charge is 0.456 e. The van der Waals surface area contributed by atoms with Gasteiger partial charge in [-0.25, -0.2) is 4.79 Å². The van der Waals surface area contributed by atoms with Gasteiger partial charge in [0.05, 0.1) is 4.47 Å². The molecule has 1 amide bonds. The van der Waals surface area contributed by atoms with Gasteiger partial charge in [-0.05, 0) is 104 Å². The summed E-state index contributed by atoms with van der Waals surface area (Å²) >= 11 is 3.55. The first-order chi connectivity index (χ1) is 15.6. The smallest absolute Gasteiger partial charge is 0.410 e. The van der Waals surface area contributed by atoms with E-state index in [9.17, 15) is 9.00 Å². The van der Waals surface area contributed by atoms with Crippen molar-refractivity contribution in [1.82, 2.24) is 4.90 Å². The molecule has 0 N–H and O–H groups in total. The molecule has 1 saturated heterocycles. The van der Waals surface area contributed by atoms with E-state index in [0.29, 0.717) is 11.7 Å². The first-order valence-electron chi connectivity index (χ1n) is 11.4. The molecule has 1 aliphatic rings. The van der Waals surface area contributed by atoms with E-state index in [-0.39, 0.29) is 6.09 Å². The summed E-state index contributed by atoms with van der Waals surface area (Å²) in [6.45, 7) is 7.25. The lowest BCUT2D eigenvalue weighted by molar-refractivity contribution is 0.0181. The van der Waals surface area contributed by atoms with E-state index in [1.807, 2.05) is 56.0 Å². The van der Waals surface area contributed by atoms with Gasteiger partial charge in [-0.15, -0.1) is 0 Å². The van der Waals surface area contributed by atoms with Gasteiger partial charge in [0.2, 0.25) is 0 Å². The maximum Gasteiger partial charge on any atom is 0.410 e. The molecule has 0 aliphatic carbocycles. The zero-order valence-corrected chi connectivity index (χ0v) is 22.3. The number of piperidine rings is 1. The van der Waals surface area contributed by atoms with Crippen molar-refractivity contribution < 1.29 is 18.5 Å². The Bertz CT molecular complexity index is 963. The van der Waals surface area contributed by atoms with Gasteiger partial charge in [0.15, 0.2) is 0 Å². The van der Waals surface area contributed by atoms with Crippen LogP contribution in [0.15, 0.2) is 46.9 Å². The molecule has 1 unspecified atom stereocenters. The summed E-state index contributed by atoms with van der Waals surface area (Å²) in [6.07, 6.45) is 5.69. The van der Waals surface area contributed by atoms with Gasteiger partial charge in [0.25, 0.3) is 0 Å². The van der Waals surface area contributed by atoms with Crippen molar-refractivity contribution in [2.24, 2.45) is 5.92 Å². The monoisotopic (exact) mass is 535 g/mol. The van der Waals surface area contributed by atoms with Crippen LogP contribution in [0.2, 0.25) is 0 Å². The molecule has 3 rings (SSSR count). The standard InChI is InChI=1S/C26H34BrNO4S/c1-26(2,3)32-25(29)28-15-13-20(14-16-28)6-5-19-7-10-22(11-8-19)31-24-12-9-21(17-23(24)27)18-33(4)30/h7-12,17,20H,5-6,13-16,18H2,1-4H3. The van der Waals surface area contributed by atoms with Crippen LogP contribution in [-0.4, -0.2) is 40.1 Å². The number of carbonyl (C=O) groups is 1.